The van der Waals surface area contributed by atoms with Gasteiger partial charge in [0.05, 0.1) is 18.0 Å². The number of hydrogen-bond donors (Lipinski definition) is 2. The fourth-order valence-corrected chi connectivity index (χ4v) is 6.14. The van der Waals surface area contributed by atoms with E-state index >= 15 is 4.39 Å². The molecule has 192 valence electrons. The summed E-state index contributed by atoms with van der Waals surface area (Å²) in [5.41, 5.74) is 3.27. The van der Waals surface area contributed by atoms with Crippen LogP contribution in [-0.4, -0.2) is 47.7 Å². The van der Waals surface area contributed by atoms with Gasteiger partial charge in [0, 0.05) is 11.6 Å². The van der Waals surface area contributed by atoms with Gasteiger partial charge < -0.3 is 9.64 Å². The van der Waals surface area contributed by atoms with Gasteiger partial charge in [-0.05, 0) is 93.9 Å². The number of piperidine rings is 1. The monoisotopic (exact) mass is 485 g/mol. The SMILES string of the molecule is COc1ccc2ncc(C)c(C(F)CCC3(C(=O)NO)CCN(CCC4CCCCC4)CC3)c2c1. The van der Waals surface area contributed by atoms with Crippen molar-refractivity contribution in [2.45, 2.75) is 77.3 Å². The molecule has 1 saturated carbocycles. The third-order valence-electron chi connectivity index (χ3n) is 8.48. The summed E-state index contributed by atoms with van der Waals surface area (Å²) < 4.78 is 21.1. The fourth-order valence-electron chi connectivity index (χ4n) is 6.14. The van der Waals surface area contributed by atoms with Crippen molar-refractivity contribution in [1.29, 1.82) is 0 Å². The highest BCUT2D eigenvalue weighted by atomic mass is 19.1. The van der Waals surface area contributed by atoms with E-state index < -0.39 is 11.6 Å². The Bertz CT molecular complexity index is 1000. The average molecular weight is 486 g/mol. The first kappa shape index (κ1) is 25.8. The number of aromatic nitrogens is 1. The van der Waals surface area contributed by atoms with Gasteiger partial charge in [0.2, 0.25) is 5.91 Å². The summed E-state index contributed by atoms with van der Waals surface area (Å²) in [5.74, 6) is 1.12. The largest absolute Gasteiger partial charge is 0.497 e. The summed E-state index contributed by atoms with van der Waals surface area (Å²) in [7, 11) is 1.59. The van der Waals surface area contributed by atoms with E-state index in [2.05, 4.69) is 9.88 Å². The molecule has 2 aromatic rings. The summed E-state index contributed by atoms with van der Waals surface area (Å²) in [4.78, 5) is 19.7. The fraction of sp³-hybridized carbons (Fsp3) is 0.643. The number of amides is 1. The van der Waals surface area contributed by atoms with Gasteiger partial charge in [-0.15, -0.1) is 0 Å². The number of rotatable bonds is 9. The first-order valence-corrected chi connectivity index (χ1v) is 13.2. The van der Waals surface area contributed by atoms with E-state index in [0.29, 0.717) is 30.6 Å². The molecule has 1 atom stereocenters. The molecule has 1 aliphatic carbocycles. The minimum atomic E-state index is -1.24. The molecule has 2 aliphatic rings. The molecule has 2 N–H and O–H groups in total. The summed E-state index contributed by atoms with van der Waals surface area (Å²) in [6.07, 6.45) is 10.4. The molecule has 0 bridgehead atoms. The van der Waals surface area contributed by atoms with Gasteiger partial charge >= 0.3 is 0 Å². The Morgan fingerprint density at radius 3 is 2.71 bits per heavy atom. The number of pyridine rings is 1. The number of halogens is 1. The Balaban J connectivity index is 1.42. The molecule has 7 heteroatoms. The number of fused-ring (bicyclic) bond motifs is 1. The highest BCUT2D eigenvalue weighted by Crippen LogP contribution is 2.41. The van der Waals surface area contributed by atoms with Gasteiger partial charge in [0.15, 0.2) is 0 Å². The van der Waals surface area contributed by atoms with E-state index in [4.69, 9.17) is 4.74 Å². The van der Waals surface area contributed by atoms with E-state index in [9.17, 15) is 10.0 Å². The van der Waals surface area contributed by atoms with Crippen LogP contribution < -0.4 is 10.2 Å². The van der Waals surface area contributed by atoms with E-state index in [1.54, 1.807) is 13.3 Å². The molecule has 1 amide bonds. The summed E-state index contributed by atoms with van der Waals surface area (Å²) in [5, 5.41) is 10.2. The third-order valence-corrected chi connectivity index (χ3v) is 8.48. The van der Waals surface area contributed by atoms with Gasteiger partial charge in [0.1, 0.15) is 11.9 Å². The molecule has 0 radical (unpaired) electrons. The van der Waals surface area contributed by atoms with Gasteiger partial charge in [-0.1, -0.05) is 32.1 Å². The van der Waals surface area contributed by atoms with Crippen molar-refractivity contribution in [3.8, 4) is 5.75 Å². The lowest BCUT2D eigenvalue weighted by atomic mass is 9.73. The second kappa shape index (κ2) is 11.7. The Morgan fingerprint density at radius 2 is 2.03 bits per heavy atom. The number of nitrogens with one attached hydrogen (secondary N) is 1. The number of methoxy groups -OCH3 is 1. The minimum Gasteiger partial charge on any atom is -0.497 e. The quantitative estimate of drug-likeness (QED) is 0.342. The second-order valence-corrected chi connectivity index (χ2v) is 10.6. The summed E-state index contributed by atoms with van der Waals surface area (Å²) in [6.45, 7) is 4.56. The topological polar surface area (TPSA) is 74.7 Å². The molecule has 0 spiro atoms. The molecule has 2 fully saturated rings. The summed E-state index contributed by atoms with van der Waals surface area (Å²) in [6, 6.07) is 5.50. The predicted molar refractivity (Wildman–Crippen MR) is 135 cm³/mol. The lowest BCUT2D eigenvalue weighted by molar-refractivity contribution is -0.143. The molecule has 4 rings (SSSR count). The second-order valence-electron chi connectivity index (χ2n) is 10.6. The number of aryl methyl sites for hydroxylation is 1. The van der Waals surface area contributed by atoms with Crippen LogP contribution in [0.5, 0.6) is 5.75 Å². The van der Waals surface area contributed by atoms with Crippen LogP contribution in [0.25, 0.3) is 10.9 Å². The van der Waals surface area contributed by atoms with Gasteiger partial charge in [0.25, 0.3) is 0 Å². The molecule has 1 aliphatic heterocycles. The smallest absolute Gasteiger partial charge is 0.249 e. The van der Waals surface area contributed by atoms with Gasteiger partial charge in [-0.3, -0.25) is 15.0 Å². The van der Waals surface area contributed by atoms with Crippen molar-refractivity contribution in [3.63, 3.8) is 0 Å². The zero-order valence-electron chi connectivity index (χ0n) is 21.2. The number of hydrogen-bond acceptors (Lipinski definition) is 5. The molecule has 1 unspecified atom stereocenters. The van der Waals surface area contributed by atoms with Crippen molar-refractivity contribution in [2.75, 3.05) is 26.7 Å². The van der Waals surface area contributed by atoms with Crippen LogP contribution in [-0.2, 0) is 4.79 Å². The molecular formula is C28H40FN3O3. The standard InChI is InChI=1S/C28H40FN3O3/c1-20-19-30-25-9-8-22(35-2)18-23(25)26(20)24(29)10-12-28(27(33)31-34)13-16-32(17-14-28)15-11-21-6-4-3-5-7-21/h8-9,18-19,21,24,34H,3-7,10-17H2,1-2H3,(H,31,33). The van der Waals surface area contributed by atoms with Crippen molar-refractivity contribution in [2.24, 2.45) is 11.3 Å². The number of benzene rings is 1. The zero-order valence-corrected chi connectivity index (χ0v) is 21.2. The number of hydroxylamine groups is 1. The number of carbonyl (C=O) groups excluding carboxylic acids is 1. The lowest BCUT2D eigenvalue weighted by Gasteiger charge is -2.41. The van der Waals surface area contributed by atoms with Crippen LogP contribution in [0.3, 0.4) is 0 Å². The Labute approximate surface area is 208 Å². The lowest BCUT2D eigenvalue weighted by Crippen LogP contribution is -2.48. The van der Waals surface area contributed by atoms with E-state index in [1.165, 1.54) is 38.5 Å². The van der Waals surface area contributed by atoms with Gasteiger partial charge in [-0.25, -0.2) is 9.87 Å². The number of ether oxygens (including phenoxy) is 1. The van der Waals surface area contributed by atoms with Crippen LogP contribution >= 0.6 is 0 Å². The summed E-state index contributed by atoms with van der Waals surface area (Å²) >= 11 is 0. The maximum Gasteiger partial charge on any atom is 0.249 e. The van der Waals surface area contributed by atoms with Crippen molar-refractivity contribution < 1.29 is 19.1 Å². The highest BCUT2D eigenvalue weighted by molar-refractivity contribution is 5.85. The van der Waals surface area contributed by atoms with E-state index in [0.717, 1.165) is 42.0 Å². The van der Waals surface area contributed by atoms with Crippen LogP contribution in [0.4, 0.5) is 4.39 Å². The number of alkyl halides is 1. The number of nitrogens with zero attached hydrogens (tertiary/aromatic N) is 2. The zero-order chi connectivity index (χ0) is 24.8. The highest BCUT2D eigenvalue weighted by Gasteiger charge is 2.41. The number of likely N-dealkylation sites (tertiary alicyclic amines) is 1. The molecule has 2 heterocycles. The molecular weight excluding hydrogens is 445 g/mol. The molecule has 6 nitrogen and oxygen atoms in total. The normalized spacial score (nSPS) is 20.0. The van der Waals surface area contributed by atoms with E-state index in [1.807, 2.05) is 30.6 Å². The van der Waals surface area contributed by atoms with E-state index in [-0.39, 0.29) is 12.3 Å². The maximum absolute atomic E-state index is 15.8. The van der Waals surface area contributed by atoms with Crippen LogP contribution in [0.1, 0.15) is 81.5 Å². The van der Waals surface area contributed by atoms with Gasteiger partial charge in [-0.2, -0.15) is 0 Å². The molecule has 1 saturated heterocycles. The molecule has 35 heavy (non-hydrogen) atoms. The minimum absolute atomic E-state index is 0.215. The first-order valence-electron chi connectivity index (χ1n) is 13.2. The van der Waals surface area contributed by atoms with Crippen LogP contribution in [0.15, 0.2) is 24.4 Å². The molecule has 1 aromatic carbocycles. The Kier molecular flexibility index (Phi) is 8.60. The van der Waals surface area contributed by atoms with Crippen molar-refractivity contribution in [1.82, 2.24) is 15.4 Å². The predicted octanol–water partition coefficient (Wildman–Crippen LogP) is 5.90. The Hall–Kier alpha value is -2.25. The Morgan fingerprint density at radius 1 is 1.29 bits per heavy atom. The van der Waals surface area contributed by atoms with Crippen LogP contribution in [0, 0.1) is 18.3 Å². The maximum atomic E-state index is 15.8. The molecule has 1 aromatic heterocycles. The van der Waals surface area contributed by atoms with Crippen molar-refractivity contribution in [3.05, 3.63) is 35.5 Å². The van der Waals surface area contributed by atoms with Crippen molar-refractivity contribution >= 4 is 16.8 Å². The third kappa shape index (κ3) is 5.95. The number of carbonyl (C=O) groups is 1. The first-order chi connectivity index (χ1) is 17.0. The average Bonchev–Trinajstić information content (AvgIpc) is 2.90. The van der Waals surface area contributed by atoms with Crippen LogP contribution in [0.2, 0.25) is 0 Å².